The Kier molecular flexibility index (Phi) is 11.5. The summed E-state index contributed by atoms with van der Waals surface area (Å²) in [5.41, 5.74) is 0. The summed E-state index contributed by atoms with van der Waals surface area (Å²) in [7, 11) is 0. The molecule has 0 unspecified atom stereocenters. The number of carbonyl (C=O) groups is 4. The molecule has 32 heavy (non-hydrogen) atoms. The molecule has 182 valence electrons. The van der Waals surface area contributed by atoms with Gasteiger partial charge in [0.15, 0.2) is 18.5 Å². The maximum Gasteiger partial charge on any atom is 0.407 e. The summed E-state index contributed by atoms with van der Waals surface area (Å²) >= 11 is 16.7. The summed E-state index contributed by atoms with van der Waals surface area (Å²) in [6.45, 7) is 5.95. The molecular weight excluding hydrogens is 497 g/mol. The van der Waals surface area contributed by atoms with E-state index in [9.17, 15) is 19.2 Å². The van der Waals surface area contributed by atoms with Crippen molar-refractivity contribution < 1.29 is 47.6 Å². The third-order valence-corrected chi connectivity index (χ3v) is 4.06. The molecule has 14 heteroatoms. The largest absolute Gasteiger partial charge is 0.463 e. The van der Waals surface area contributed by atoms with Crippen molar-refractivity contribution in [2.45, 2.75) is 55.2 Å². The third kappa shape index (κ3) is 10.2. The number of amides is 1. The van der Waals surface area contributed by atoms with Crippen LogP contribution in [-0.4, -0.2) is 78.3 Å². The first kappa shape index (κ1) is 28.2. The normalized spacial score (nSPS) is 25.2. The Labute approximate surface area is 199 Å². The second-order valence-electron chi connectivity index (χ2n) is 6.48. The summed E-state index contributed by atoms with van der Waals surface area (Å²) in [4.78, 5) is 47.0. The van der Waals surface area contributed by atoms with E-state index in [-0.39, 0.29) is 13.2 Å². The fourth-order valence-electron chi connectivity index (χ4n) is 2.69. The van der Waals surface area contributed by atoms with Gasteiger partial charge in [0.2, 0.25) is 3.79 Å². The molecule has 1 aliphatic heterocycles. The lowest BCUT2D eigenvalue weighted by molar-refractivity contribution is -0.274. The highest BCUT2D eigenvalue weighted by molar-refractivity contribution is 6.67. The fraction of sp³-hybridized carbons (Fsp3) is 0.667. The number of alkyl carbamates (subject to hydrolysis) is 1. The van der Waals surface area contributed by atoms with Crippen LogP contribution in [0.1, 0.15) is 20.8 Å². The third-order valence-electron chi connectivity index (χ3n) is 3.73. The van der Waals surface area contributed by atoms with Gasteiger partial charge in [0.05, 0.1) is 6.61 Å². The van der Waals surface area contributed by atoms with Crippen LogP contribution < -0.4 is 5.32 Å². The van der Waals surface area contributed by atoms with Crippen molar-refractivity contribution in [2.75, 3.05) is 19.8 Å². The molecule has 1 fully saturated rings. The highest BCUT2D eigenvalue weighted by Crippen LogP contribution is 2.29. The summed E-state index contributed by atoms with van der Waals surface area (Å²) in [5.74, 6) is -2.13. The zero-order valence-corrected chi connectivity index (χ0v) is 19.8. The van der Waals surface area contributed by atoms with E-state index < -0.39 is 65.0 Å². The van der Waals surface area contributed by atoms with Gasteiger partial charge in [-0.15, -0.1) is 6.58 Å². The standard InChI is InChI=1S/C18H24Cl3NO10/c1-5-6-27-16-13(22-17(26)29-8-18(19,20)21)15(31-11(4)25)14(30-10(3)24)12(32-16)7-28-9(2)23/h5,12-16H,1,6-8H2,2-4H3,(H,22,26)/t12-,13+,14-,15-,16+/m1/s1. The van der Waals surface area contributed by atoms with E-state index in [1.165, 1.54) is 13.0 Å². The number of hydrogen-bond donors (Lipinski definition) is 1. The van der Waals surface area contributed by atoms with Crippen LogP contribution in [0, 0.1) is 0 Å². The zero-order chi connectivity index (χ0) is 24.5. The van der Waals surface area contributed by atoms with E-state index in [4.69, 9.17) is 63.2 Å². The van der Waals surface area contributed by atoms with Crippen molar-refractivity contribution in [3.63, 3.8) is 0 Å². The van der Waals surface area contributed by atoms with Gasteiger partial charge in [-0.25, -0.2) is 4.79 Å². The molecule has 11 nitrogen and oxygen atoms in total. The van der Waals surface area contributed by atoms with Crippen LogP contribution >= 0.6 is 34.8 Å². The Morgan fingerprint density at radius 2 is 1.59 bits per heavy atom. The van der Waals surface area contributed by atoms with Gasteiger partial charge >= 0.3 is 24.0 Å². The van der Waals surface area contributed by atoms with Crippen LogP contribution in [0.2, 0.25) is 0 Å². The predicted molar refractivity (Wildman–Crippen MR) is 111 cm³/mol. The summed E-state index contributed by atoms with van der Waals surface area (Å²) in [6, 6.07) is -1.24. The molecule has 0 aromatic carbocycles. The molecule has 0 aliphatic carbocycles. The van der Waals surface area contributed by atoms with Crippen LogP contribution in [0.4, 0.5) is 4.79 Å². The predicted octanol–water partition coefficient (Wildman–Crippen LogP) is 1.81. The van der Waals surface area contributed by atoms with Gasteiger partial charge in [-0.2, -0.15) is 0 Å². The molecule has 0 bridgehead atoms. The maximum atomic E-state index is 12.3. The Balaban J connectivity index is 3.25. The lowest BCUT2D eigenvalue weighted by Gasteiger charge is -2.44. The number of esters is 3. The van der Waals surface area contributed by atoms with E-state index in [0.29, 0.717) is 0 Å². The van der Waals surface area contributed by atoms with Gasteiger partial charge in [-0.1, -0.05) is 40.9 Å². The van der Waals surface area contributed by atoms with Gasteiger partial charge in [0, 0.05) is 20.8 Å². The van der Waals surface area contributed by atoms with Crippen molar-refractivity contribution in [3.8, 4) is 0 Å². The summed E-state index contributed by atoms with van der Waals surface area (Å²) in [6.07, 6.45) is -4.61. The van der Waals surface area contributed by atoms with Crippen LogP contribution in [0.5, 0.6) is 0 Å². The molecule has 1 N–H and O–H groups in total. The molecule has 5 atom stereocenters. The van der Waals surface area contributed by atoms with Crippen molar-refractivity contribution >= 4 is 58.8 Å². The lowest BCUT2D eigenvalue weighted by atomic mass is 9.96. The Hall–Kier alpha value is -1.79. The number of alkyl halides is 3. The smallest absolute Gasteiger partial charge is 0.407 e. The van der Waals surface area contributed by atoms with E-state index in [1.807, 2.05) is 0 Å². The van der Waals surface area contributed by atoms with Gasteiger partial charge in [0.25, 0.3) is 0 Å². The van der Waals surface area contributed by atoms with E-state index >= 15 is 0 Å². The number of rotatable bonds is 9. The molecule has 0 aromatic rings. The average molecular weight is 521 g/mol. The van der Waals surface area contributed by atoms with Crippen LogP contribution in [0.25, 0.3) is 0 Å². The van der Waals surface area contributed by atoms with Crippen LogP contribution in [0.3, 0.4) is 0 Å². The number of carbonyl (C=O) groups excluding carboxylic acids is 4. The fourth-order valence-corrected chi connectivity index (χ4v) is 2.85. The van der Waals surface area contributed by atoms with Crippen molar-refractivity contribution in [1.82, 2.24) is 5.32 Å². The van der Waals surface area contributed by atoms with Crippen LogP contribution in [0.15, 0.2) is 12.7 Å². The minimum absolute atomic E-state index is 0.0304. The topological polar surface area (TPSA) is 136 Å². The van der Waals surface area contributed by atoms with Gasteiger partial charge in [-0.05, 0) is 0 Å². The average Bonchev–Trinajstić information content (AvgIpc) is 2.65. The first-order valence-corrected chi connectivity index (χ1v) is 10.3. The number of hydrogen-bond acceptors (Lipinski definition) is 10. The molecule has 1 rings (SSSR count). The van der Waals surface area contributed by atoms with E-state index in [2.05, 4.69) is 11.9 Å². The first-order chi connectivity index (χ1) is 14.8. The molecule has 0 radical (unpaired) electrons. The molecule has 1 amide bonds. The van der Waals surface area contributed by atoms with E-state index in [0.717, 1.165) is 13.8 Å². The van der Waals surface area contributed by atoms with Crippen molar-refractivity contribution in [2.24, 2.45) is 0 Å². The van der Waals surface area contributed by atoms with Gasteiger partial charge in [0.1, 0.15) is 25.4 Å². The monoisotopic (exact) mass is 519 g/mol. The SMILES string of the molecule is C=CCO[C@H]1O[C@H](COC(C)=O)[C@@H](OC(C)=O)[C@H](OC(C)=O)[C@@H]1NC(=O)OCC(Cl)(Cl)Cl. The zero-order valence-electron chi connectivity index (χ0n) is 17.5. The highest BCUT2D eigenvalue weighted by atomic mass is 35.6. The van der Waals surface area contributed by atoms with Gasteiger partial charge < -0.3 is 33.7 Å². The first-order valence-electron chi connectivity index (χ1n) is 9.19. The second kappa shape index (κ2) is 13.0. The Morgan fingerprint density at radius 3 is 2.09 bits per heavy atom. The highest BCUT2D eigenvalue weighted by Gasteiger charge is 2.51. The van der Waals surface area contributed by atoms with Crippen molar-refractivity contribution in [3.05, 3.63) is 12.7 Å². The van der Waals surface area contributed by atoms with E-state index in [1.54, 1.807) is 0 Å². The summed E-state index contributed by atoms with van der Waals surface area (Å²) < 4.78 is 29.8. The van der Waals surface area contributed by atoms with Crippen LogP contribution in [-0.2, 0) is 42.8 Å². The number of nitrogens with one attached hydrogen (secondary N) is 1. The van der Waals surface area contributed by atoms with Crippen molar-refractivity contribution in [1.29, 1.82) is 0 Å². The lowest BCUT2D eigenvalue weighted by Crippen LogP contribution is -2.66. The molecule has 0 saturated carbocycles. The molecule has 0 aromatic heterocycles. The molecular formula is C18H24Cl3NO10. The Bertz CT molecular complexity index is 699. The molecule has 0 spiro atoms. The minimum atomic E-state index is -1.87. The summed E-state index contributed by atoms with van der Waals surface area (Å²) in [5, 5.41) is 2.40. The Morgan fingerprint density at radius 1 is 1.00 bits per heavy atom. The molecule has 1 aliphatic rings. The quantitative estimate of drug-likeness (QED) is 0.207. The number of halogens is 3. The molecule has 1 saturated heterocycles. The maximum absolute atomic E-state index is 12.3. The number of ether oxygens (including phenoxy) is 6. The molecule has 1 heterocycles. The minimum Gasteiger partial charge on any atom is -0.463 e. The van der Waals surface area contributed by atoms with Gasteiger partial charge in [-0.3, -0.25) is 14.4 Å². The second-order valence-corrected chi connectivity index (χ2v) is 8.99.